The number of aromatic nitrogens is 3. The van der Waals surface area contributed by atoms with Crippen LogP contribution in [0.3, 0.4) is 0 Å². The van der Waals surface area contributed by atoms with Crippen LogP contribution >= 0.6 is 11.6 Å². The van der Waals surface area contributed by atoms with Crippen LogP contribution in [0.5, 0.6) is 0 Å². The van der Waals surface area contributed by atoms with Crippen molar-refractivity contribution in [2.75, 3.05) is 0 Å². The first-order chi connectivity index (χ1) is 6.34. The molecular formula is C10H12ClN3. The smallest absolute Gasteiger partial charge is 0.156 e. The molecule has 0 bridgehead atoms. The summed E-state index contributed by atoms with van der Waals surface area (Å²) >= 11 is 6.00. The third-order valence-corrected chi connectivity index (χ3v) is 2.58. The molecule has 0 radical (unpaired) electrons. The molecule has 2 heterocycles. The van der Waals surface area contributed by atoms with Gasteiger partial charge in [-0.2, -0.15) is 5.10 Å². The first-order valence-electron chi connectivity index (χ1n) is 4.35. The predicted molar refractivity (Wildman–Crippen MR) is 56.7 cm³/mol. The first kappa shape index (κ1) is 9.46. The minimum absolute atomic E-state index is 0. The van der Waals surface area contributed by atoms with Crippen molar-refractivity contribution >= 4 is 17.1 Å². The summed E-state index contributed by atoms with van der Waals surface area (Å²) < 4.78 is 1.79. The molecule has 74 valence electrons. The third-order valence-electron chi connectivity index (χ3n) is 2.30. The quantitative estimate of drug-likeness (QED) is 0.723. The Morgan fingerprint density at radius 1 is 1.43 bits per heavy atom. The van der Waals surface area contributed by atoms with Gasteiger partial charge < -0.3 is 0 Å². The van der Waals surface area contributed by atoms with E-state index in [1.54, 1.807) is 4.52 Å². The Morgan fingerprint density at radius 2 is 2.21 bits per heavy atom. The van der Waals surface area contributed by atoms with Crippen molar-refractivity contribution in [3.8, 4) is 0 Å². The molecule has 1 aliphatic carbocycles. The second kappa shape index (κ2) is 3.24. The Kier molecular flexibility index (Phi) is 2.19. The van der Waals surface area contributed by atoms with Crippen LogP contribution < -0.4 is 0 Å². The van der Waals surface area contributed by atoms with Gasteiger partial charge in [-0.3, -0.25) is 0 Å². The minimum atomic E-state index is 0. The standard InChI is InChI=1S/C9H8ClN3.CH4/c10-8-7-2-1-5-13(7)12-9(11-8)6-3-4-6;/h1-2,5-6H,3-4H2;1H4. The van der Waals surface area contributed by atoms with Crippen LogP contribution in [-0.2, 0) is 0 Å². The summed E-state index contributed by atoms with van der Waals surface area (Å²) in [7, 11) is 0. The maximum absolute atomic E-state index is 6.00. The van der Waals surface area contributed by atoms with Crippen molar-refractivity contribution in [3.63, 3.8) is 0 Å². The second-order valence-corrected chi connectivity index (χ2v) is 3.73. The molecule has 3 rings (SSSR count). The van der Waals surface area contributed by atoms with E-state index in [-0.39, 0.29) is 7.43 Å². The van der Waals surface area contributed by atoms with Gasteiger partial charge in [-0.05, 0) is 25.0 Å². The van der Waals surface area contributed by atoms with E-state index in [9.17, 15) is 0 Å². The maximum Gasteiger partial charge on any atom is 0.156 e. The molecule has 0 aromatic carbocycles. The van der Waals surface area contributed by atoms with E-state index in [4.69, 9.17) is 11.6 Å². The lowest BCUT2D eigenvalue weighted by atomic mass is 10.4. The molecule has 2 aromatic rings. The number of fused-ring (bicyclic) bond motifs is 1. The molecule has 0 unspecified atom stereocenters. The number of halogens is 1. The van der Waals surface area contributed by atoms with Gasteiger partial charge in [0, 0.05) is 12.1 Å². The summed E-state index contributed by atoms with van der Waals surface area (Å²) in [4.78, 5) is 4.27. The molecule has 0 aliphatic heterocycles. The molecule has 0 amide bonds. The number of rotatable bonds is 1. The molecule has 0 atom stereocenters. The average molecular weight is 210 g/mol. The van der Waals surface area contributed by atoms with E-state index < -0.39 is 0 Å². The van der Waals surface area contributed by atoms with E-state index in [0.717, 1.165) is 11.3 Å². The Hall–Kier alpha value is -1.09. The van der Waals surface area contributed by atoms with Gasteiger partial charge in [-0.15, -0.1) is 0 Å². The SMILES string of the molecule is C.Clc1nc(C2CC2)nn2cccc12. The van der Waals surface area contributed by atoms with E-state index in [2.05, 4.69) is 10.1 Å². The van der Waals surface area contributed by atoms with Crippen LogP contribution in [0, 0.1) is 0 Å². The summed E-state index contributed by atoms with van der Waals surface area (Å²) in [5.41, 5.74) is 0.881. The van der Waals surface area contributed by atoms with Crippen LogP contribution in [0.15, 0.2) is 18.3 Å². The van der Waals surface area contributed by atoms with Crippen LogP contribution in [-0.4, -0.2) is 14.6 Å². The van der Waals surface area contributed by atoms with Gasteiger partial charge >= 0.3 is 0 Å². The van der Waals surface area contributed by atoms with Crippen LogP contribution in [0.2, 0.25) is 5.15 Å². The monoisotopic (exact) mass is 209 g/mol. The highest BCUT2D eigenvalue weighted by molar-refractivity contribution is 6.32. The second-order valence-electron chi connectivity index (χ2n) is 3.37. The summed E-state index contributed by atoms with van der Waals surface area (Å²) in [5.74, 6) is 1.43. The summed E-state index contributed by atoms with van der Waals surface area (Å²) in [5, 5.41) is 4.94. The number of hydrogen-bond donors (Lipinski definition) is 0. The van der Waals surface area contributed by atoms with E-state index in [1.165, 1.54) is 12.8 Å². The van der Waals surface area contributed by atoms with E-state index in [0.29, 0.717) is 11.1 Å². The average Bonchev–Trinajstić information content (AvgIpc) is 2.85. The highest BCUT2D eigenvalue weighted by atomic mass is 35.5. The Bertz CT molecular complexity index is 459. The van der Waals surface area contributed by atoms with Crippen LogP contribution in [0.1, 0.15) is 32.0 Å². The van der Waals surface area contributed by atoms with Crippen molar-refractivity contribution in [2.24, 2.45) is 0 Å². The number of nitrogens with zero attached hydrogens (tertiary/aromatic N) is 3. The molecule has 0 saturated heterocycles. The molecule has 4 heteroatoms. The van der Waals surface area contributed by atoms with Crippen LogP contribution in [0.25, 0.3) is 5.52 Å². The van der Waals surface area contributed by atoms with Gasteiger partial charge in [0.1, 0.15) is 5.52 Å². The fraction of sp³-hybridized carbons (Fsp3) is 0.400. The molecule has 1 fully saturated rings. The highest BCUT2D eigenvalue weighted by Gasteiger charge is 2.27. The van der Waals surface area contributed by atoms with Gasteiger partial charge in [-0.25, -0.2) is 9.50 Å². The van der Waals surface area contributed by atoms with Gasteiger partial charge in [0.25, 0.3) is 0 Å². The summed E-state index contributed by atoms with van der Waals surface area (Å²) in [6.45, 7) is 0. The summed E-state index contributed by atoms with van der Waals surface area (Å²) in [6.07, 6.45) is 4.29. The number of hydrogen-bond acceptors (Lipinski definition) is 2. The molecule has 0 N–H and O–H groups in total. The highest BCUT2D eigenvalue weighted by Crippen LogP contribution is 2.38. The fourth-order valence-electron chi connectivity index (χ4n) is 1.43. The molecule has 0 spiro atoms. The molecule has 2 aromatic heterocycles. The lowest BCUT2D eigenvalue weighted by Crippen LogP contribution is -1.99. The first-order valence-corrected chi connectivity index (χ1v) is 4.73. The van der Waals surface area contributed by atoms with Crippen molar-refractivity contribution in [2.45, 2.75) is 26.2 Å². The lowest BCUT2D eigenvalue weighted by Gasteiger charge is -2.00. The largest absolute Gasteiger partial charge is 0.236 e. The van der Waals surface area contributed by atoms with Gasteiger partial charge in [0.15, 0.2) is 11.0 Å². The van der Waals surface area contributed by atoms with Crippen molar-refractivity contribution < 1.29 is 0 Å². The zero-order valence-corrected chi connectivity index (χ0v) is 7.70. The Balaban J connectivity index is 0.000000750. The van der Waals surface area contributed by atoms with Gasteiger partial charge in [0.2, 0.25) is 0 Å². The minimum Gasteiger partial charge on any atom is -0.236 e. The molecular weight excluding hydrogens is 198 g/mol. The normalized spacial score (nSPS) is 15.5. The van der Waals surface area contributed by atoms with Gasteiger partial charge in [0.05, 0.1) is 0 Å². The zero-order valence-electron chi connectivity index (χ0n) is 6.94. The van der Waals surface area contributed by atoms with E-state index >= 15 is 0 Å². The van der Waals surface area contributed by atoms with Crippen molar-refractivity contribution in [3.05, 3.63) is 29.3 Å². The maximum atomic E-state index is 6.00. The molecule has 1 saturated carbocycles. The topological polar surface area (TPSA) is 30.2 Å². The Morgan fingerprint density at radius 3 is 2.93 bits per heavy atom. The van der Waals surface area contributed by atoms with Crippen LogP contribution in [0.4, 0.5) is 0 Å². The van der Waals surface area contributed by atoms with Gasteiger partial charge in [-0.1, -0.05) is 19.0 Å². The summed E-state index contributed by atoms with van der Waals surface area (Å²) in [6, 6.07) is 3.84. The molecule has 14 heavy (non-hydrogen) atoms. The van der Waals surface area contributed by atoms with E-state index in [1.807, 2.05) is 18.3 Å². The third kappa shape index (κ3) is 1.38. The predicted octanol–water partition coefficient (Wildman–Crippen LogP) is 2.90. The Labute approximate surface area is 87.7 Å². The molecule has 3 nitrogen and oxygen atoms in total. The van der Waals surface area contributed by atoms with Crippen molar-refractivity contribution in [1.82, 2.24) is 14.6 Å². The molecule has 1 aliphatic rings. The zero-order chi connectivity index (χ0) is 8.84. The fourth-order valence-corrected chi connectivity index (χ4v) is 1.66. The van der Waals surface area contributed by atoms with Crippen molar-refractivity contribution in [1.29, 1.82) is 0 Å². The lowest BCUT2D eigenvalue weighted by molar-refractivity contribution is 0.805.